The Bertz CT molecular complexity index is 570. The zero-order chi connectivity index (χ0) is 13.5. The molecule has 0 aliphatic rings. The number of hydrogen-bond donors (Lipinski definition) is 0. The van der Waals surface area contributed by atoms with Crippen molar-refractivity contribution in [2.45, 2.75) is 6.42 Å². The minimum Gasteiger partial charge on any atom is -0.233 e. The van der Waals surface area contributed by atoms with Gasteiger partial charge >= 0.3 is 0 Å². The van der Waals surface area contributed by atoms with Crippen LogP contribution in [-0.2, 0) is 17.1 Å². The number of hydrogen-bond acceptors (Lipinski definition) is 1. The second kappa shape index (κ2) is 7.00. The highest BCUT2D eigenvalue weighted by Gasteiger charge is 2.00. The van der Waals surface area contributed by atoms with Crippen molar-refractivity contribution in [1.29, 1.82) is 0 Å². The predicted octanol–water partition coefficient (Wildman–Crippen LogP) is 4.02. The van der Waals surface area contributed by atoms with E-state index < -0.39 is 0 Å². The Morgan fingerprint density at radius 1 is 0.895 bits per heavy atom. The van der Waals surface area contributed by atoms with Gasteiger partial charge in [-0.3, -0.25) is 0 Å². The van der Waals surface area contributed by atoms with Crippen molar-refractivity contribution in [2.75, 3.05) is 12.5 Å². The number of rotatable bonds is 3. The largest absolute Gasteiger partial charge is 0.233 e. The first kappa shape index (κ1) is 13.7. The van der Waals surface area contributed by atoms with Crippen molar-refractivity contribution in [3.63, 3.8) is 0 Å². The lowest BCUT2D eigenvalue weighted by molar-refractivity contribution is 1.28. The molecule has 3 heteroatoms. The molecule has 0 saturated heterocycles. The minimum atomic E-state index is 0.00126. The van der Waals surface area contributed by atoms with E-state index in [-0.39, 0.29) is 10.7 Å². The zero-order valence-electron chi connectivity index (χ0n) is 11.3. The molecule has 0 spiro atoms. The molecule has 0 N–H and O–H groups in total. The molecule has 0 aliphatic heterocycles. The highest BCUT2D eigenvalue weighted by molar-refractivity contribution is 7.86. The molecule has 2 aromatic rings. The average molecular weight is 270 g/mol. The Hall–Kier alpha value is -1.74. The van der Waals surface area contributed by atoms with Crippen LogP contribution in [0.3, 0.4) is 0 Å². The second-order valence-corrected chi connectivity index (χ2v) is 6.12. The molecule has 98 valence electrons. The first-order valence-corrected chi connectivity index (χ1v) is 8.20. The van der Waals surface area contributed by atoms with Gasteiger partial charge in [-0.05, 0) is 30.2 Å². The fraction of sp³-hybridized carbons (Fsp3) is 0.188. The van der Waals surface area contributed by atoms with Crippen molar-refractivity contribution in [2.24, 2.45) is 9.36 Å². The average Bonchev–Trinajstić information content (AvgIpc) is 2.40. The molecule has 2 nitrogen and oxygen atoms in total. The van der Waals surface area contributed by atoms with E-state index >= 15 is 0 Å². The van der Waals surface area contributed by atoms with Gasteiger partial charge < -0.3 is 0 Å². The molecule has 0 saturated carbocycles. The molecule has 19 heavy (non-hydrogen) atoms. The van der Waals surface area contributed by atoms with Crippen molar-refractivity contribution in [3.8, 4) is 0 Å². The summed E-state index contributed by atoms with van der Waals surface area (Å²) in [5.74, 6) is 0.894. The molecule has 2 rings (SSSR count). The van der Waals surface area contributed by atoms with Gasteiger partial charge in [-0.2, -0.15) is 0 Å². The van der Waals surface area contributed by atoms with Crippen LogP contribution < -0.4 is 0 Å². The monoisotopic (exact) mass is 270 g/mol. The quantitative estimate of drug-likeness (QED) is 0.594. The first-order chi connectivity index (χ1) is 9.24. The summed E-state index contributed by atoms with van der Waals surface area (Å²) in [7, 11) is 0.00126. The Morgan fingerprint density at radius 2 is 1.47 bits per heavy atom. The molecule has 0 atom stereocenters. The van der Waals surface area contributed by atoms with E-state index in [4.69, 9.17) is 0 Å². The van der Waals surface area contributed by atoms with Crippen LogP contribution in [0.1, 0.15) is 5.56 Å². The van der Waals surface area contributed by atoms with Crippen LogP contribution in [-0.4, -0.2) is 18.3 Å². The standard InChI is InChI=1S/C16H18N2S/c1-19(2)18-16(13-14-9-5-3-6-10-14)17-15-11-7-4-8-12-15/h3-12H,13H2,1-2H3. The second-order valence-electron chi connectivity index (χ2n) is 4.39. The molecular formula is C16H18N2S. The Kier molecular flexibility index (Phi) is 5.04. The molecule has 0 fully saturated rings. The van der Waals surface area contributed by atoms with Gasteiger partial charge in [0.05, 0.1) is 5.69 Å². The van der Waals surface area contributed by atoms with E-state index in [1.165, 1.54) is 5.56 Å². The number of benzene rings is 2. The molecule has 0 unspecified atom stereocenters. The highest BCUT2D eigenvalue weighted by atomic mass is 32.2. The summed E-state index contributed by atoms with van der Waals surface area (Å²) in [5.41, 5.74) is 2.20. The van der Waals surface area contributed by atoms with Crippen LogP contribution in [0.15, 0.2) is 70.0 Å². The van der Waals surface area contributed by atoms with Crippen molar-refractivity contribution < 1.29 is 0 Å². The fourth-order valence-corrected chi connectivity index (χ4v) is 2.26. The molecule has 0 radical (unpaired) electrons. The van der Waals surface area contributed by atoms with E-state index in [1.807, 2.05) is 48.5 Å². The number of para-hydroxylation sites is 1. The summed E-state index contributed by atoms with van der Waals surface area (Å²) in [6.07, 6.45) is 4.98. The summed E-state index contributed by atoms with van der Waals surface area (Å²) >= 11 is 0. The lowest BCUT2D eigenvalue weighted by Gasteiger charge is -2.03. The van der Waals surface area contributed by atoms with Crippen LogP contribution in [0.25, 0.3) is 0 Å². The Balaban J connectivity index is 2.27. The zero-order valence-corrected chi connectivity index (χ0v) is 12.1. The summed E-state index contributed by atoms with van der Waals surface area (Å²) in [5, 5.41) is 0. The highest BCUT2D eigenvalue weighted by Crippen LogP contribution is 2.13. The van der Waals surface area contributed by atoms with Crippen molar-refractivity contribution in [3.05, 3.63) is 66.2 Å². The van der Waals surface area contributed by atoms with Crippen LogP contribution in [0, 0.1) is 0 Å². The third-order valence-electron chi connectivity index (χ3n) is 2.51. The van der Waals surface area contributed by atoms with E-state index in [2.05, 4.69) is 34.0 Å². The van der Waals surface area contributed by atoms with Crippen LogP contribution in [0.4, 0.5) is 5.69 Å². The molecule has 0 heterocycles. The molecular weight excluding hydrogens is 252 g/mol. The molecule has 0 amide bonds. The lowest BCUT2D eigenvalue weighted by Crippen LogP contribution is -2.01. The van der Waals surface area contributed by atoms with E-state index in [0.29, 0.717) is 0 Å². The molecule has 0 aromatic heterocycles. The Labute approximate surface area is 117 Å². The van der Waals surface area contributed by atoms with Crippen LogP contribution >= 0.6 is 0 Å². The van der Waals surface area contributed by atoms with Crippen LogP contribution in [0.5, 0.6) is 0 Å². The van der Waals surface area contributed by atoms with Gasteiger partial charge in [0.2, 0.25) is 0 Å². The van der Waals surface area contributed by atoms with Crippen molar-refractivity contribution in [1.82, 2.24) is 0 Å². The predicted molar refractivity (Wildman–Crippen MR) is 85.3 cm³/mol. The summed E-state index contributed by atoms with van der Waals surface area (Å²) in [6, 6.07) is 20.3. The first-order valence-electron chi connectivity index (χ1n) is 6.20. The normalized spacial score (nSPS) is 11.6. The fourth-order valence-electron chi connectivity index (χ4n) is 1.73. The summed E-state index contributed by atoms with van der Waals surface area (Å²) < 4.78 is 4.65. The third-order valence-corrected chi connectivity index (χ3v) is 3.08. The van der Waals surface area contributed by atoms with Crippen molar-refractivity contribution >= 4 is 22.2 Å². The maximum atomic E-state index is 4.65. The SMILES string of the molecule is CS(C)=NC(Cc1ccccc1)=Nc1ccccc1. The topological polar surface area (TPSA) is 24.7 Å². The molecule has 0 bridgehead atoms. The Morgan fingerprint density at radius 3 is 2.05 bits per heavy atom. The third kappa shape index (κ3) is 4.79. The van der Waals surface area contributed by atoms with Gasteiger partial charge in [0, 0.05) is 6.42 Å². The van der Waals surface area contributed by atoms with Crippen LogP contribution in [0.2, 0.25) is 0 Å². The molecule has 0 aliphatic carbocycles. The maximum Gasteiger partial charge on any atom is 0.140 e. The van der Waals surface area contributed by atoms with Gasteiger partial charge in [-0.15, -0.1) is 0 Å². The summed E-state index contributed by atoms with van der Waals surface area (Å²) in [4.78, 5) is 4.65. The smallest absolute Gasteiger partial charge is 0.140 e. The van der Waals surface area contributed by atoms with E-state index in [1.54, 1.807) is 0 Å². The number of amidine groups is 1. The summed E-state index contributed by atoms with van der Waals surface area (Å²) in [6.45, 7) is 0. The van der Waals surface area contributed by atoms with Gasteiger partial charge in [0.15, 0.2) is 0 Å². The molecule has 2 aromatic carbocycles. The van der Waals surface area contributed by atoms with Gasteiger partial charge in [0.25, 0.3) is 0 Å². The van der Waals surface area contributed by atoms with Gasteiger partial charge in [0.1, 0.15) is 5.84 Å². The minimum absolute atomic E-state index is 0.00126. The lowest BCUT2D eigenvalue weighted by atomic mass is 10.1. The van der Waals surface area contributed by atoms with Gasteiger partial charge in [-0.25, -0.2) is 9.36 Å². The van der Waals surface area contributed by atoms with E-state index in [9.17, 15) is 0 Å². The maximum absolute atomic E-state index is 4.65. The van der Waals surface area contributed by atoms with E-state index in [0.717, 1.165) is 17.9 Å². The van der Waals surface area contributed by atoms with Gasteiger partial charge in [-0.1, -0.05) is 59.2 Å². The number of nitrogens with zero attached hydrogens (tertiary/aromatic N) is 2. The number of aliphatic imine (C=N–C) groups is 1.